The van der Waals surface area contributed by atoms with Crippen molar-refractivity contribution in [3.8, 4) is 0 Å². The molecule has 0 rings (SSSR count). The van der Waals surface area contributed by atoms with Gasteiger partial charge in [0.2, 0.25) is 0 Å². The summed E-state index contributed by atoms with van der Waals surface area (Å²) in [4.78, 5) is 0. The molecule has 0 saturated carbocycles. The lowest BCUT2D eigenvalue weighted by Gasteiger charge is -1.95. The van der Waals surface area contributed by atoms with Gasteiger partial charge in [-0.25, -0.2) is 3.21 Å². The number of nitrogens with zero attached hydrogens (tertiary/aromatic N) is 1. The molecule has 10 heavy (non-hydrogen) atoms. The van der Waals surface area contributed by atoms with E-state index in [-0.39, 0.29) is 0 Å². The molecule has 0 aromatic rings. The maximum absolute atomic E-state index is 5.30. The van der Waals surface area contributed by atoms with E-state index >= 15 is 0 Å². The number of hydrogen-bond acceptors (Lipinski definition) is 2. The molecule has 0 amide bonds. The zero-order valence-electron chi connectivity index (χ0n) is 6.13. The molecule has 0 aromatic heterocycles. The first kappa shape index (κ1) is 9.68. The lowest BCUT2D eigenvalue weighted by atomic mass is 10.2. The quantitative estimate of drug-likeness (QED) is 0.592. The van der Waals surface area contributed by atoms with E-state index in [0.29, 0.717) is 0 Å². The molecular formula is C7H11IN2. The van der Waals surface area contributed by atoms with Crippen LogP contribution in [0.25, 0.3) is 0 Å². The minimum atomic E-state index is 0.922. The van der Waals surface area contributed by atoms with Gasteiger partial charge in [-0.15, -0.1) is 0 Å². The SMILES string of the molecule is C\C=C/C(=N/I)C(/C)=C/N. The second kappa shape index (κ2) is 5.46. The van der Waals surface area contributed by atoms with E-state index in [1.54, 1.807) is 6.20 Å². The molecule has 0 aliphatic heterocycles. The molecule has 0 saturated heterocycles. The Morgan fingerprint density at radius 2 is 2.20 bits per heavy atom. The smallest absolute Gasteiger partial charge is 0.0838 e. The minimum Gasteiger partial charge on any atom is -0.404 e. The lowest BCUT2D eigenvalue weighted by Crippen LogP contribution is -1.96. The van der Waals surface area contributed by atoms with Crippen LogP contribution in [0.1, 0.15) is 13.8 Å². The Balaban J connectivity index is 4.39. The fourth-order valence-corrected chi connectivity index (χ4v) is 1.01. The van der Waals surface area contributed by atoms with Crippen molar-refractivity contribution in [2.24, 2.45) is 8.94 Å². The van der Waals surface area contributed by atoms with Crippen LogP contribution in [-0.2, 0) is 0 Å². The van der Waals surface area contributed by atoms with Gasteiger partial charge >= 0.3 is 0 Å². The monoisotopic (exact) mass is 250 g/mol. The third-order valence-electron chi connectivity index (χ3n) is 1.07. The Morgan fingerprint density at radius 3 is 2.50 bits per heavy atom. The van der Waals surface area contributed by atoms with Gasteiger partial charge in [0.05, 0.1) is 28.6 Å². The van der Waals surface area contributed by atoms with E-state index in [1.807, 2.05) is 48.9 Å². The van der Waals surface area contributed by atoms with Crippen LogP contribution in [0.4, 0.5) is 0 Å². The molecule has 0 heterocycles. The molecule has 0 aliphatic carbocycles. The molecule has 0 unspecified atom stereocenters. The first-order valence-corrected chi connectivity index (χ1v) is 3.93. The van der Waals surface area contributed by atoms with Gasteiger partial charge in [-0.1, -0.05) is 6.08 Å². The summed E-state index contributed by atoms with van der Waals surface area (Å²) in [5.41, 5.74) is 7.21. The zero-order chi connectivity index (χ0) is 7.98. The Kier molecular flexibility index (Phi) is 5.29. The highest BCUT2D eigenvalue weighted by molar-refractivity contribution is 14.1. The summed E-state index contributed by atoms with van der Waals surface area (Å²) in [5, 5.41) is 0. The number of halogens is 1. The highest BCUT2D eigenvalue weighted by Gasteiger charge is 1.93. The van der Waals surface area contributed by atoms with Crippen LogP contribution >= 0.6 is 22.9 Å². The molecule has 0 spiro atoms. The van der Waals surface area contributed by atoms with E-state index < -0.39 is 0 Å². The van der Waals surface area contributed by atoms with Gasteiger partial charge in [-0.05, 0) is 31.7 Å². The highest BCUT2D eigenvalue weighted by Crippen LogP contribution is 2.00. The summed E-state index contributed by atoms with van der Waals surface area (Å²) < 4.78 is 4.00. The average Bonchev–Trinajstić information content (AvgIpc) is 1.99. The van der Waals surface area contributed by atoms with Crippen molar-refractivity contribution in [3.05, 3.63) is 23.9 Å². The van der Waals surface area contributed by atoms with Gasteiger partial charge in [-0.3, -0.25) is 0 Å². The van der Waals surface area contributed by atoms with Gasteiger partial charge in [0, 0.05) is 0 Å². The Morgan fingerprint density at radius 1 is 1.60 bits per heavy atom. The Hall–Kier alpha value is -0.320. The first-order valence-electron chi connectivity index (χ1n) is 2.96. The van der Waals surface area contributed by atoms with Gasteiger partial charge < -0.3 is 5.73 Å². The van der Waals surface area contributed by atoms with Crippen LogP contribution in [0.15, 0.2) is 27.1 Å². The van der Waals surface area contributed by atoms with Crippen molar-refractivity contribution in [1.29, 1.82) is 0 Å². The standard InChI is InChI=1S/C7H11IN2/c1-3-4-7(10-8)6(2)5-9/h3-5H,9H2,1-2H3/b4-3-,6-5+,10-7-. The van der Waals surface area contributed by atoms with E-state index in [4.69, 9.17) is 5.73 Å². The summed E-state index contributed by atoms with van der Waals surface area (Å²) in [5.74, 6) is 0. The van der Waals surface area contributed by atoms with Crippen LogP contribution in [0, 0.1) is 0 Å². The van der Waals surface area contributed by atoms with E-state index in [9.17, 15) is 0 Å². The second-order valence-electron chi connectivity index (χ2n) is 1.82. The lowest BCUT2D eigenvalue weighted by molar-refractivity contribution is 1.47. The number of rotatable bonds is 2. The third-order valence-corrected chi connectivity index (χ3v) is 1.59. The molecule has 0 fully saturated rings. The summed E-state index contributed by atoms with van der Waals surface area (Å²) >= 11 is 1.95. The fraction of sp³-hybridized carbons (Fsp3) is 0.286. The second-order valence-corrected chi connectivity index (χ2v) is 2.30. The molecule has 0 aromatic carbocycles. The Labute approximate surface area is 75.4 Å². The molecule has 2 nitrogen and oxygen atoms in total. The summed E-state index contributed by atoms with van der Waals surface area (Å²) in [6.45, 7) is 3.88. The predicted molar refractivity (Wildman–Crippen MR) is 54.2 cm³/mol. The average molecular weight is 250 g/mol. The molecule has 0 radical (unpaired) electrons. The molecular weight excluding hydrogens is 239 g/mol. The van der Waals surface area contributed by atoms with Crippen molar-refractivity contribution in [2.75, 3.05) is 0 Å². The van der Waals surface area contributed by atoms with E-state index in [1.165, 1.54) is 0 Å². The molecule has 0 bridgehead atoms. The van der Waals surface area contributed by atoms with Crippen LogP contribution < -0.4 is 5.73 Å². The van der Waals surface area contributed by atoms with Crippen LogP contribution in [0.3, 0.4) is 0 Å². The van der Waals surface area contributed by atoms with Crippen LogP contribution in [-0.4, -0.2) is 5.71 Å². The summed E-state index contributed by atoms with van der Waals surface area (Å²) in [6.07, 6.45) is 5.41. The van der Waals surface area contributed by atoms with Crippen molar-refractivity contribution in [1.82, 2.24) is 0 Å². The molecule has 0 atom stereocenters. The molecule has 3 heteroatoms. The zero-order valence-corrected chi connectivity index (χ0v) is 8.29. The number of hydrogen-bond donors (Lipinski definition) is 1. The fourth-order valence-electron chi connectivity index (χ4n) is 0.470. The summed E-state index contributed by atoms with van der Waals surface area (Å²) in [6, 6.07) is 0. The van der Waals surface area contributed by atoms with E-state index in [0.717, 1.165) is 11.3 Å². The maximum Gasteiger partial charge on any atom is 0.0838 e. The minimum absolute atomic E-state index is 0.922. The van der Waals surface area contributed by atoms with E-state index in [2.05, 4.69) is 3.21 Å². The van der Waals surface area contributed by atoms with Gasteiger partial charge in [0.25, 0.3) is 0 Å². The number of nitrogens with two attached hydrogens (primary N) is 1. The van der Waals surface area contributed by atoms with Crippen molar-refractivity contribution >= 4 is 28.6 Å². The van der Waals surface area contributed by atoms with Crippen molar-refractivity contribution in [3.63, 3.8) is 0 Å². The topological polar surface area (TPSA) is 38.4 Å². The Bertz CT molecular complexity index is 180. The van der Waals surface area contributed by atoms with Crippen LogP contribution in [0.5, 0.6) is 0 Å². The van der Waals surface area contributed by atoms with Crippen LogP contribution in [0.2, 0.25) is 0 Å². The summed E-state index contributed by atoms with van der Waals surface area (Å²) in [7, 11) is 0. The third kappa shape index (κ3) is 3.00. The molecule has 56 valence electrons. The number of allylic oxidation sites excluding steroid dienone is 3. The van der Waals surface area contributed by atoms with Crippen molar-refractivity contribution < 1.29 is 0 Å². The predicted octanol–water partition coefficient (Wildman–Crippen LogP) is 2.22. The van der Waals surface area contributed by atoms with Crippen molar-refractivity contribution in [2.45, 2.75) is 13.8 Å². The maximum atomic E-state index is 5.30. The largest absolute Gasteiger partial charge is 0.404 e. The first-order chi connectivity index (χ1) is 4.76. The van der Waals surface area contributed by atoms with Gasteiger partial charge in [0.15, 0.2) is 0 Å². The molecule has 2 N–H and O–H groups in total. The molecule has 0 aliphatic rings. The van der Waals surface area contributed by atoms with Gasteiger partial charge in [-0.2, -0.15) is 0 Å². The normalized spacial score (nSPS) is 14.7. The van der Waals surface area contributed by atoms with Gasteiger partial charge in [0.1, 0.15) is 0 Å². The highest BCUT2D eigenvalue weighted by atomic mass is 127.